The number of hydrogen-bond donors (Lipinski definition) is 1. The first-order valence-electron chi connectivity index (χ1n) is 6.65. The van der Waals surface area contributed by atoms with Crippen LogP contribution in [0.5, 0.6) is 5.75 Å². The number of aryl methyl sites for hydroxylation is 1. The summed E-state index contributed by atoms with van der Waals surface area (Å²) < 4.78 is 10.1. The van der Waals surface area contributed by atoms with Crippen LogP contribution >= 0.6 is 0 Å². The van der Waals surface area contributed by atoms with Crippen molar-refractivity contribution in [2.75, 3.05) is 5.32 Å². The highest BCUT2D eigenvalue weighted by atomic mass is 16.6. The third-order valence-corrected chi connectivity index (χ3v) is 2.87. The lowest BCUT2D eigenvalue weighted by molar-refractivity contribution is 0.215. The molecular weight excluding hydrogens is 282 g/mol. The largest absolute Gasteiger partial charge is 0.417 e. The molecule has 1 heterocycles. The van der Waals surface area contributed by atoms with E-state index in [0.717, 1.165) is 5.56 Å². The molecule has 0 atom stereocenters. The number of ether oxygens (including phenoxy) is 1. The minimum absolute atomic E-state index is 0.485. The molecule has 0 aliphatic heterocycles. The molecule has 22 heavy (non-hydrogen) atoms. The van der Waals surface area contributed by atoms with Crippen LogP contribution in [-0.4, -0.2) is 16.2 Å². The zero-order valence-corrected chi connectivity index (χ0v) is 11.8. The van der Waals surface area contributed by atoms with Crippen LogP contribution in [0.15, 0.2) is 59.1 Å². The van der Waals surface area contributed by atoms with Crippen molar-refractivity contribution in [3.8, 4) is 17.1 Å². The van der Waals surface area contributed by atoms with Gasteiger partial charge >= 0.3 is 6.09 Å². The highest BCUT2D eigenvalue weighted by molar-refractivity contribution is 5.86. The van der Waals surface area contributed by atoms with Gasteiger partial charge in [0, 0.05) is 18.2 Å². The van der Waals surface area contributed by atoms with Crippen LogP contribution in [0.2, 0.25) is 0 Å². The molecule has 0 saturated carbocycles. The summed E-state index contributed by atoms with van der Waals surface area (Å²) in [6.07, 6.45) is -0.547. The summed E-state index contributed by atoms with van der Waals surface area (Å²) in [7, 11) is 0. The minimum Gasteiger partial charge on any atom is -0.410 e. The molecule has 6 nitrogen and oxygen atoms in total. The Hall–Kier alpha value is -3.15. The number of amides is 1. The van der Waals surface area contributed by atoms with Crippen LogP contribution in [0.25, 0.3) is 11.4 Å². The summed E-state index contributed by atoms with van der Waals surface area (Å²) in [5.74, 6) is 1.50. The van der Waals surface area contributed by atoms with Crippen molar-refractivity contribution in [1.82, 2.24) is 10.1 Å². The zero-order chi connectivity index (χ0) is 15.4. The Morgan fingerprint density at radius 3 is 2.45 bits per heavy atom. The number of para-hydroxylation sites is 1. The summed E-state index contributed by atoms with van der Waals surface area (Å²) in [6, 6.07) is 15.9. The number of benzene rings is 2. The smallest absolute Gasteiger partial charge is 0.410 e. The van der Waals surface area contributed by atoms with Crippen LogP contribution in [0.4, 0.5) is 10.5 Å². The van der Waals surface area contributed by atoms with E-state index in [4.69, 9.17) is 9.26 Å². The first-order valence-corrected chi connectivity index (χ1v) is 6.65. The Labute approximate surface area is 126 Å². The van der Waals surface area contributed by atoms with E-state index in [1.165, 1.54) is 0 Å². The lowest BCUT2D eigenvalue weighted by atomic mass is 10.2. The SMILES string of the molecule is Cc1nc(-c2ccc(NC(=O)Oc3ccccc3)cc2)no1. The molecule has 0 saturated heterocycles. The van der Waals surface area contributed by atoms with Crippen molar-refractivity contribution in [3.05, 3.63) is 60.5 Å². The molecule has 1 N–H and O–H groups in total. The van der Waals surface area contributed by atoms with Crippen LogP contribution in [0, 0.1) is 6.92 Å². The monoisotopic (exact) mass is 295 g/mol. The van der Waals surface area contributed by atoms with Gasteiger partial charge in [0.15, 0.2) is 0 Å². The maximum atomic E-state index is 11.8. The van der Waals surface area contributed by atoms with Crippen molar-refractivity contribution in [1.29, 1.82) is 0 Å². The fraction of sp³-hybridized carbons (Fsp3) is 0.0625. The van der Waals surface area contributed by atoms with E-state index < -0.39 is 6.09 Å². The summed E-state index contributed by atoms with van der Waals surface area (Å²) in [4.78, 5) is 15.9. The highest BCUT2D eigenvalue weighted by Crippen LogP contribution is 2.19. The number of rotatable bonds is 3. The number of carbonyl (C=O) groups excluding carboxylic acids is 1. The van der Waals surface area contributed by atoms with Crippen molar-refractivity contribution in [2.24, 2.45) is 0 Å². The Morgan fingerprint density at radius 2 is 1.82 bits per heavy atom. The molecule has 0 radical (unpaired) electrons. The van der Waals surface area contributed by atoms with Gasteiger partial charge in [0.05, 0.1) is 0 Å². The molecule has 0 aliphatic rings. The van der Waals surface area contributed by atoms with E-state index in [9.17, 15) is 4.79 Å². The molecule has 1 amide bonds. The molecule has 3 aromatic rings. The lowest BCUT2D eigenvalue weighted by Crippen LogP contribution is -2.16. The predicted molar refractivity (Wildman–Crippen MR) is 80.6 cm³/mol. The van der Waals surface area contributed by atoms with E-state index in [1.54, 1.807) is 55.5 Å². The summed E-state index contributed by atoms with van der Waals surface area (Å²) in [6.45, 7) is 1.73. The van der Waals surface area contributed by atoms with Crippen molar-refractivity contribution >= 4 is 11.8 Å². The molecule has 0 fully saturated rings. The number of hydrogen-bond acceptors (Lipinski definition) is 5. The van der Waals surface area contributed by atoms with Gasteiger partial charge in [-0.2, -0.15) is 4.98 Å². The van der Waals surface area contributed by atoms with Gasteiger partial charge in [0.1, 0.15) is 5.75 Å². The second-order valence-electron chi connectivity index (χ2n) is 4.54. The molecule has 0 unspecified atom stereocenters. The summed E-state index contributed by atoms with van der Waals surface area (Å²) in [5, 5.41) is 6.48. The van der Waals surface area contributed by atoms with Crippen molar-refractivity contribution in [3.63, 3.8) is 0 Å². The molecule has 3 rings (SSSR count). The van der Waals surface area contributed by atoms with E-state index >= 15 is 0 Å². The number of nitrogens with one attached hydrogen (secondary N) is 1. The lowest BCUT2D eigenvalue weighted by Gasteiger charge is -2.06. The standard InChI is InChI=1S/C16H13N3O3/c1-11-17-15(19-22-11)12-7-9-13(10-8-12)18-16(20)21-14-5-3-2-4-6-14/h2-10H,1H3,(H,18,20). The maximum absolute atomic E-state index is 11.8. The van der Waals surface area contributed by atoms with Gasteiger partial charge in [-0.25, -0.2) is 4.79 Å². The molecule has 0 spiro atoms. The molecule has 0 bridgehead atoms. The molecule has 6 heteroatoms. The molecular formula is C16H13N3O3. The Morgan fingerprint density at radius 1 is 1.09 bits per heavy atom. The first-order chi connectivity index (χ1) is 10.7. The predicted octanol–water partition coefficient (Wildman–Crippen LogP) is 3.66. The number of nitrogens with zero attached hydrogens (tertiary/aromatic N) is 2. The number of anilines is 1. The van der Waals surface area contributed by atoms with Gasteiger partial charge < -0.3 is 9.26 Å². The topological polar surface area (TPSA) is 77.2 Å². The quantitative estimate of drug-likeness (QED) is 0.798. The second-order valence-corrected chi connectivity index (χ2v) is 4.54. The second kappa shape index (κ2) is 6.09. The Kier molecular flexibility index (Phi) is 3.82. The summed E-state index contributed by atoms with van der Waals surface area (Å²) in [5.41, 5.74) is 1.42. The van der Waals surface area contributed by atoms with Crippen LogP contribution in [-0.2, 0) is 0 Å². The van der Waals surface area contributed by atoms with E-state index in [2.05, 4.69) is 15.5 Å². The van der Waals surface area contributed by atoms with Crippen molar-refractivity contribution in [2.45, 2.75) is 6.92 Å². The van der Waals surface area contributed by atoms with Gasteiger partial charge in [-0.15, -0.1) is 0 Å². The molecule has 1 aromatic heterocycles. The summed E-state index contributed by atoms with van der Waals surface area (Å²) >= 11 is 0. The third-order valence-electron chi connectivity index (χ3n) is 2.87. The van der Waals surface area contributed by atoms with Crippen LogP contribution in [0.1, 0.15) is 5.89 Å². The van der Waals surface area contributed by atoms with Gasteiger partial charge in [-0.3, -0.25) is 5.32 Å². The average Bonchev–Trinajstić information content (AvgIpc) is 2.95. The van der Waals surface area contributed by atoms with Gasteiger partial charge in [-0.1, -0.05) is 23.4 Å². The zero-order valence-electron chi connectivity index (χ0n) is 11.8. The maximum Gasteiger partial charge on any atom is 0.417 e. The average molecular weight is 295 g/mol. The van der Waals surface area contributed by atoms with E-state index in [1.807, 2.05) is 6.07 Å². The van der Waals surface area contributed by atoms with E-state index in [0.29, 0.717) is 23.2 Å². The Bertz CT molecular complexity index is 767. The van der Waals surface area contributed by atoms with Gasteiger partial charge in [0.25, 0.3) is 0 Å². The highest BCUT2D eigenvalue weighted by Gasteiger charge is 2.07. The molecule has 110 valence electrons. The van der Waals surface area contributed by atoms with Gasteiger partial charge in [-0.05, 0) is 36.4 Å². The minimum atomic E-state index is -0.547. The number of carbonyl (C=O) groups is 1. The van der Waals surface area contributed by atoms with Crippen LogP contribution < -0.4 is 10.1 Å². The fourth-order valence-corrected chi connectivity index (χ4v) is 1.86. The Balaban J connectivity index is 1.65. The third kappa shape index (κ3) is 3.29. The molecule has 0 aliphatic carbocycles. The van der Waals surface area contributed by atoms with Gasteiger partial charge in [0.2, 0.25) is 11.7 Å². The van der Waals surface area contributed by atoms with Crippen molar-refractivity contribution < 1.29 is 14.1 Å². The molecule has 2 aromatic carbocycles. The number of aromatic nitrogens is 2. The normalized spacial score (nSPS) is 10.2. The fourth-order valence-electron chi connectivity index (χ4n) is 1.86. The van der Waals surface area contributed by atoms with E-state index in [-0.39, 0.29) is 0 Å². The first kappa shape index (κ1) is 13.8. The van der Waals surface area contributed by atoms with Crippen LogP contribution in [0.3, 0.4) is 0 Å².